The van der Waals surface area contributed by atoms with E-state index in [1.807, 2.05) is 24.5 Å². The van der Waals surface area contributed by atoms with Crippen molar-refractivity contribution in [3.05, 3.63) is 42.1 Å². The van der Waals surface area contributed by atoms with Crippen LogP contribution in [0.15, 0.2) is 30.9 Å². The molecule has 0 aromatic carbocycles. The highest BCUT2D eigenvalue weighted by molar-refractivity contribution is 5.63. The minimum Gasteiger partial charge on any atom is -0.302 e. The zero-order valence-electron chi connectivity index (χ0n) is 14.2. The molecule has 0 spiro atoms. The summed E-state index contributed by atoms with van der Waals surface area (Å²) in [6, 6.07) is 4.08. The lowest BCUT2D eigenvalue weighted by atomic mass is 10.0. The van der Waals surface area contributed by atoms with Gasteiger partial charge in [0.05, 0.1) is 5.69 Å². The highest BCUT2D eigenvalue weighted by atomic mass is 15.2. The fourth-order valence-electron chi connectivity index (χ4n) is 3.84. The van der Waals surface area contributed by atoms with E-state index in [1.54, 1.807) is 6.33 Å². The topological polar surface area (TPSA) is 45.2 Å². The minimum absolute atomic E-state index is 1.02. The maximum atomic E-state index is 4.57. The van der Waals surface area contributed by atoms with Crippen molar-refractivity contribution < 1.29 is 0 Å². The van der Waals surface area contributed by atoms with Crippen LogP contribution in [0.3, 0.4) is 0 Å². The second kappa shape index (κ2) is 7.36. The molecule has 0 radical (unpaired) electrons. The van der Waals surface area contributed by atoms with Gasteiger partial charge in [-0.1, -0.05) is 0 Å². The van der Waals surface area contributed by atoms with Crippen molar-refractivity contribution >= 4 is 0 Å². The molecule has 126 valence electrons. The molecule has 4 heterocycles. The second-order valence-electron chi connectivity index (χ2n) is 6.77. The lowest BCUT2D eigenvalue weighted by Crippen LogP contribution is -2.35. The Labute approximate surface area is 143 Å². The van der Waals surface area contributed by atoms with Crippen molar-refractivity contribution in [3.63, 3.8) is 0 Å². The van der Waals surface area contributed by atoms with Gasteiger partial charge in [0.1, 0.15) is 6.33 Å². The quantitative estimate of drug-likeness (QED) is 0.861. The largest absolute Gasteiger partial charge is 0.302 e. The molecule has 2 aliphatic heterocycles. The second-order valence-corrected chi connectivity index (χ2v) is 6.77. The van der Waals surface area contributed by atoms with Gasteiger partial charge < -0.3 is 9.80 Å². The van der Waals surface area contributed by atoms with E-state index in [-0.39, 0.29) is 0 Å². The summed E-state index contributed by atoms with van der Waals surface area (Å²) in [6.45, 7) is 7.16. The number of rotatable bonds is 4. The SMILES string of the molecule is c1cc(-c2ncnc3c2CCN(CCN2CCCC2)CC3)ccn1. The zero-order valence-corrected chi connectivity index (χ0v) is 14.2. The average Bonchev–Trinajstić information content (AvgIpc) is 3.07. The number of fused-ring (bicyclic) bond motifs is 1. The van der Waals surface area contributed by atoms with Gasteiger partial charge in [-0.3, -0.25) is 4.98 Å². The first-order valence-corrected chi connectivity index (χ1v) is 9.08. The Balaban J connectivity index is 1.46. The van der Waals surface area contributed by atoms with Crippen LogP contribution in [0.1, 0.15) is 24.1 Å². The van der Waals surface area contributed by atoms with Crippen molar-refractivity contribution in [2.75, 3.05) is 39.3 Å². The van der Waals surface area contributed by atoms with Crippen LogP contribution >= 0.6 is 0 Å². The third kappa shape index (κ3) is 3.47. The predicted molar refractivity (Wildman–Crippen MR) is 94.8 cm³/mol. The Bertz CT molecular complexity index is 667. The maximum absolute atomic E-state index is 4.57. The van der Waals surface area contributed by atoms with Gasteiger partial charge in [0, 0.05) is 61.8 Å². The van der Waals surface area contributed by atoms with Gasteiger partial charge >= 0.3 is 0 Å². The Morgan fingerprint density at radius 2 is 1.54 bits per heavy atom. The normalized spacial score (nSPS) is 19.2. The lowest BCUT2D eigenvalue weighted by molar-refractivity contribution is 0.232. The van der Waals surface area contributed by atoms with E-state index in [0.29, 0.717) is 0 Å². The summed E-state index contributed by atoms with van der Waals surface area (Å²) in [7, 11) is 0. The average molecular weight is 323 g/mol. The van der Waals surface area contributed by atoms with Crippen LogP contribution in [0.4, 0.5) is 0 Å². The Hall–Kier alpha value is -1.85. The number of hydrogen-bond donors (Lipinski definition) is 0. The monoisotopic (exact) mass is 323 g/mol. The highest BCUT2D eigenvalue weighted by Gasteiger charge is 2.20. The van der Waals surface area contributed by atoms with Gasteiger partial charge in [0.25, 0.3) is 0 Å². The number of aromatic nitrogens is 3. The summed E-state index contributed by atoms with van der Waals surface area (Å²) in [5.74, 6) is 0. The number of likely N-dealkylation sites (tertiary alicyclic amines) is 1. The van der Waals surface area contributed by atoms with Crippen LogP contribution in [-0.4, -0.2) is 64.0 Å². The van der Waals surface area contributed by atoms with E-state index < -0.39 is 0 Å². The summed E-state index contributed by atoms with van der Waals surface area (Å²) in [4.78, 5) is 18.5. The molecular formula is C19H25N5. The number of nitrogens with zero attached hydrogens (tertiary/aromatic N) is 5. The van der Waals surface area contributed by atoms with Crippen LogP contribution in [0.5, 0.6) is 0 Å². The fourth-order valence-corrected chi connectivity index (χ4v) is 3.84. The van der Waals surface area contributed by atoms with Gasteiger partial charge in [-0.15, -0.1) is 0 Å². The summed E-state index contributed by atoms with van der Waals surface area (Å²) >= 11 is 0. The maximum Gasteiger partial charge on any atom is 0.116 e. The third-order valence-corrected chi connectivity index (χ3v) is 5.26. The highest BCUT2D eigenvalue weighted by Crippen LogP contribution is 2.25. The summed E-state index contributed by atoms with van der Waals surface area (Å²) in [5.41, 5.74) is 4.78. The van der Waals surface area contributed by atoms with Crippen LogP contribution in [0.2, 0.25) is 0 Å². The van der Waals surface area contributed by atoms with Crippen LogP contribution < -0.4 is 0 Å². The minimum atomic E-state index is 1.02. The van der Waals surface area contributed by atoms with E-state index in [9.17, 15) is 0 Å². The molecular weight excluding hydrogens is 298 g/mol. The van der Waals surface area contributed by atoms with Crippen LogP contribution in [-0.2, 0) is 12.8 Å². The first-order chi connectivity index (χ1) is 11.9. The molecule has 0 atom stereocenters. The molecule has 0 N–H and O–H groups in total. The first-order valence-electron chi connectivity index (χ1n) is 9.08. The van der Waals surface area contributed by atoms with Gasteiger partial charge in [-0.2, -0.15) is 0 Å². The van der Waals surface area contributed by atoms with Crippen molar-refractivity contribution in [2.45, 2.75) is 25.7 Å². The Kier molecular flexibility index (Phi) is 4.81. The fraction of sp³-hybridized carbons (Fsp3) is 0.526. The third-order valence-electron chi connectivity index (χ3n) is 5.26. The van der Waals surface area contributed by atoms with Gasteiger partial charge in [0.15, 0.2) is 0 Å². The van der Waals surface area contributed by atoms with E-state index in [4.69, 9.17) is 0 Å². The zero-order chi connectivity index (χ0) is 16.2. The van der Waals surface area contributed by atoms with Crippen molar-refractivity contribution in [2.24, 2.45) is 0 Å². The van der Waals surface area contributed by atoms with E-state index in [1.165, 1.54) is 50.3 Å². The smallest absolute Gasteiger partial charge is 0.116 e. The molecule has 0 unspecified atom stereocenters. The van der Waals surface area contributed by atoms with E-state index >= 15 is 0 Å². The van der Waals surface area contributed by atoms with Crippen LogP contribution in [0, 0.1) is 0 Å². The summed E-state index contributed by atoms with van der Waals surface area (Å²) in [6.07, 6.45) is 10.2. The van der Waals surface area contributed by atoms with Gasteiger partial charge in [0.2, 0.25) is 0 Å². The molecule has 1 fully saturated rings. The molecule has 2 aliphatic rings. The first kappa shape index (κ1) is 15.7. The molecule has 0 bridgehead atoms. The van der Waals surface area contributed by atoms with Gasteiger partial charge in [-0.25, -0.2) is 9.97 Å². The molecule has 0 amide bonds. The molecule has 1 saturated heterocycles. The molecule has 4 rings (SSSR count). The van der Waals surface area contributed by atoms with Crippen molar-refractivity contribution in [1.82, 2.24) is 24.8 Å². The number of hydrogen-bond acceptors (Lipinski definition) is 5. The van der Waals surface area contributed by atoms with E-state index in [2.05, 4.69) is 24.8 Å². The van der Waals surface area contributed by atoms with Crippen LogP contribution in [0.25, 0.3) is 11.3 Å². The standard InChI is InChI=1S/C19H25N5/c1-2-10-23(9-1)13-14-24-11-5-17-18(6-12-24)21-15-22-19(17)16-3-7-20-8-4-16/h3-4,7-8,15H,1-2,5-6,9-14H2. The number of pyridine rings is 1. The molecule has 5 heteroatoms. The molecule has 0 aliphatic carbocycles. The Morgan fingerprint density at radius 3 is 2.33 bits per heavy atom. The van der Waals surface area contributed by atoms with Crippen molar-refractivity contribution in [1.29, 1.82) is 0 Å². The Morgan fingerprint density at radius 1 is 0.833 bits per heavy atom. The molecule has 0 saturated carbocycles. The van der Waals surface area contributed by atoms with Crippen molar-refractivity contribution in [3.8, 4) is 11.3 Å². The predicted octanol–water partition coefficient (Wildman–Crippen LogP) is 2.03. The molecule has 24 heavy (non-hydrogen) atoms. The summed E-state index contributed by atoms with van der Waals surface area (Å²) < 4.78 is 0. The summed E-state index contributed by atoms with van der Waals surface area (Å²) in [5, 5.41) is 0. The van der Waals surface area contributed by atoms with E-state index in [0.717, 1.165) is 37.2 Å². The molecule has 2 aromatic rings. The van der Waals surface area contributed by atoms with Gasteiger partial charge in [-0.05, 0) is 44.5 Å². The molecule has 5 nitrogen and oxygen atoms in total. The lowest BCUT2D eigenvalue weighted by Gasteiger charge is -2.23. The molecule has 2 aromatic heterocycles.